The molecule has 6 nitrogen and oxygen atoms in total. The fourth-order valence-corrected chi connectivity index (χ4v) is 2.88. The van der Waals surface area contributed by atoms with Crippen molar-refractivity contribution in [3.8, 4) is 17.2 Å². The Morgan fingerprint density at radius 2 is 1.86 bits per heavy atom. The lowest BCUT2D eigenvalue weighted by Crippen LogP contribution is -2.28. The smallest absolute Gasteiger partial charge is 0.182 e. The number of rotatable bonds is 6. The first kappa shape index (κ1) is 20.1. The Labute approximate surface area is 169 Å². The first-order valence-electron chi connectivity index (χ1n) is 9.12. The first-order chi connectivity index (χ1) is 14.0. The van der Waals surface area contributed by atoms with Crippen molar-refractivity contribution in [1.29, 1.82) is 0 Å². The number of aliphatic hydroxyl groups is 1. The number of carbonyl (C=O) groups is 1. The maximum atomic E-state index is 12.0. The summed E-state index contributed by atoms with van der Waals surface area (Å²) in [6.07, 6.45) is 7.22. The SMILES string of the molecule is COc1cc(/C=C/C(=O)/C=C(O)/C=C/c2ccc3c(c2)OCCN3C)ccc1O. The zero-order valence-electron chi connectivity index (χ0n) is 16.3. The number of fused-ring (bicyclic) bond motifs is 1. The normalized spacial score (nSPS) is 14.1. The van der Waals surface area contributed by atoms with Gasteiger partial charge in [-0.1, -0.05) is 24.3 Å². The van der Waals surface area contributed by atoms with Crippen LogP contribution in [0.4, 0.5) is 5.69 Å². The lowest BCUT2D eigenvalue weighted by molar-refractivity contribution is -0.110. The number of phenols is 1. The molecule has 0 amide bonds. The third-order valence-corrected chi connectivity index (χ3v) is 4.46. The van der Waals surface area contributed by atoms with Crippen LogP contribution in [0, 0.1) is 0 Å². The number of aliphatic hydroxyl groups excluding tert-OH is 1. The number of hydrogen-bond donors (Lipinski definition) is 2. The largest absolute Gasteiger partial charge is 0.508 e. The maximum absolute atomic E-state index is 12.0. The fraction of sp³-hybridized carbons (Fsp3) is 0.174. The second-order valence-electron chi connectivity index (χ2n) is 6.57. The van der Waals surface area contributed by atoms with E-state index in [1.165, 1.54) is 25.3 Å². The Morgan fingerprint density at radius 3 is 2.66 bits per heavy atom. The molecule has 0 atom stereocenters. The molecule has 0 aromatic heterocycles. The number of nitrogens with zero attached hydrogens (tertiary/aromatic N) is 1. The van der Waals surface area contributed by atoms with Gasteiger partial charge in [-0.3, -0.25) is 4.79 Å². The van der Waals surface area contributed by atoms with Crippen LogP contribution in [0.2, 0.25) is 0 Å². The van der Waals surface area contributed by atoms with Crippen molar-refractivity contribution in [2.75, 3.05) is 32.2 Å². The highest BCUT2D eigenvalue weighted by molar-refractivity contribution is 6.02. The molecule has 2 N–H and O–H groups in total. The summed E-state index contributed by atoms with van der Waals surface area (Å²) in [7, 11) is 3.46. The summed E-state index contributed by atoms with van der Waals surface area (Å²) in [6, 6.07) is 10.5. The predicted octanol–water partition coefficient (Wildman–Crippen LogP) is 3.97. The Kier molecular flexibility index (Phi) is 6.24. The number of benzene rings is 2. The van der Waals surface area contributed by atoms with Crippen molar-refractivity contribution in [2.24, 2.45) is 0 Å². The van der Waals surface area contributed by atoms with E-state index in [4.69, 9.17) is 9.47 Å². The van der Waals surface area contributed by atoms with Gasteiger partial charge in [-0.05, 0) is 47.5 Å². The number of ether oxygens (including phenoxy) is 2. The van der Waals surface area contributed by atoms with Crippen molar-refractivity contribution in [2.45, 2.75) is 0 Å². The molecule has 0 unspecified atom stereocenters. The topological polar surface area (TPSA) is 79.2 Å². The number of allylic oxidation sites excluding steroid dienone is 3. The van der Waals surface area contributed by atoms with Crippen molar-refractivity contribution in [3.05, 3.63) is 71.5 Å². The van der Waals surface area contributed by atoms with Gasteiger partial charge in [0, 0.05) is 13.1 Å². The lowest BCUT2D eigenvalue weighted by Gasteiger charge is -2.27. The number of phenolic OH excluding ortho intramolecular Hbond substituents is 1. The molecule has 2 aromatic rings. The predicted molar refractivity (Wildman–Crippen MR) is 114 cm³/mol. The van der Waals surface area contributed by atoms with E-state index in [-0.39, 0.29) is 17.3 Å². The number of ketones is 1. The molecule has 0 bridgehead atoms. The van der Waals surface area contributed by atoms with Gasteiger partial charge in [0.05, 0.1) is 19.3 Å². The van der Waals surface area contributed by atoms with Crippen LogP contribution < -0.4 is 14.4 Å². The minimum atomic E-state index is -0.366. The van der Waals surface area contributed by atoms with E-state index in [9.17, 15) is 15.0 Å². The highest BCUT2D eigenvalue weighted by Crippen LogP contribution is 2.31. The number of anilines is 1. The molecular formula is C23H23NO5. The lowest BCUT2D eigenvalue weighted by atomic mass is 10.1. The number of carbonyl (C=O) groups excluding carboxylic acids is 1. The minimum absolute atomic E-state index is 0.0258. The Bertz CT molecular complexity index is 991. The van der Waals surface area contributed by atoms with Crippen molar-refractivity contribution < 1.29 is 24.5 Å². The third kappa shape index (κ3) is 5.19. The van der Waals surface area contributed by atoms with Gasteiger partial charge in [0.1, 0.15) is 18.1 Å². The van der Waals surface area contributed by atoms with Crippen molar-refractivity contribution in [3.63, 3.8) is 0 Å². The van der Waals surface area contributed by atoms with E-state index in [2.05, 4.69) is 4.90 Å². The molecule has 0 aliphatic carbocycles. The van der Waals surface area contributed by atoms with Crippen LogP contribution in [-0.4, -0.2) is 43.3 Å². The Hall–Kier alpha value is -3.67. The van der Waals surface area contributed by atoms with E-state index in [0.29, 0.717) is 17.9 Å². The molecule has 0 saturated carbocycles. The molecule has 6 heteroatoms. The molecule has 1 aliphatic rings. The molecule has 1 aliphatic heterocycles. The van der Waals surface area contributed by atoms with E-state index in [1.54, 1.807) is 24.3 Å². The second-order valence-corrected chi connectivity index (χ2v) is 6.57. The zero-order chi connectivity index (χ0) is 20.8. The molecule has 29 heavy (non-hydrogen) atoms. The average Bonchev–Trinajstić information content (AvgIpc) is 2.71. The van der Waals surface area contributed by atoms with Crippen LogP contribution in [0.3, 0.4) is 0 Å². The van der Waals surface area contributed by atoms with Crippen LogP contribution in [0.1, 0.15) is 11.1 Å². The van der Waals surface area contributed by atoms with Gasteiger partial charge in [0.15, 0.2) is 17.3 Å². The van der Waals surface area contributed by atoms with Crippen molar-refractivity contribution in [1.82, 2.24) is 0 Å². The maximum Gasteiger partial charge on any atom is 0.182 e. The Balaban J connectivity index is 1.65. The molecule has 2 aromatic carbocycles. The fourth-order valence-electron chi connectivity index (χ4n) is 2.88. The standard InChI is InChI=1S/C23H23NO5/c1-24-11-12-29-22-13-16(5-9-20(22)24)3-7-18(25)15-19(26)8-4-17-6-10-21(27)23(14-17)28-2/h3-10,13-15,25,27H,11-12H2,1-2H3/b7-3+,8-4+,18-15-. The van der Waals surface area contributed by atoms with Crippen LogP contribution in [0.5, 0.6) is 17.2 Å². The number of likely N-dealkylation sites (N-methyl/N-ethyl adjacent to an activating group) is 1. The molecule has 0 radical (unpaired) electrons. The summed E-state index contributed by atoms with van der Waals surface area (Å²) in [5.74, 6) is 0.625. The third-order valence-electron chi connectivity index (χ3n) is 4.46. The monoisotopic (exact) mass is 393 g/mol. The minimum Gasteiger partial charge on any atom is -0.508 e. The Morgan fingerprint density at radius 1 is 1.14 bits per heavy atom. The van der Waals surface area contributed by atoms with Crippen LogP contribution in [0.15, 0.2) is 60.4 Å². The molecule has 150 valence electrons. The highest BCUT2D eigenvalue weighted by Gasteiger charge is 2.14. The van der Waals surface area contributed by atoms with Gasteiger partial charge >= 0.3 is 0 Å². The summed E-state index contributed by atoms with van der Waals surface area (Å²) < 4.78 is 10.7. The van der Waals surface area contributed by atoms with Gasteiger partial charge in [-0.15, -0.1) is 0 Å². The van der Waals surface area contributed by atoms with Crippen LogP contribution in [0.25, 0.3) is 12.2 Å². The summed E-state index contributed by atoms with van der Waals surface area (Å²) in [5, 5.41) is 19.6. The summed E-state index contributed by atoms with van der Waals surface area (Å²) in [5.41, 5.74) is 2.58. The van der Waals surface area contributed by atoms with E-state index in [0.717, 1.165) is 29.6 Å². The average molecular weight is 393 g/mol. The van der Waals surface area contributed by atoms with Gasteiger partial charge in [0.2, 0.25) is 0 Å². The summed E-state index contributed by atoms with van der Waals surface area (Å²) in [6.45, 7) is 1.48. The quantitative estimate of drug-likeness (QED) is 0.439. The number of aromatic hydroxyl groups is 1. The van der Waals surface area contributed by atoms with Gasteiger partial charge in [-0.25, -0.2) is 0 Å². The number of hydrogen-bond acceptors (Lipinski definition) is 6. The first-order valence-corrected chi connectivity index (χ1v) is 9.12. The summed E-state index contributed by atoms with van der Waals surface area (Å²) in [4.78, 5) is 14.1. The van der Waals surface area contributed by atoms with E-state index < -0.39 is 0 Å². The molecule has 0 fully saturated rings. The number of methoxy groups -OCH3 is 1. The van der Waals surface area contributed by atoms with Gasteiger partial charge in [-0.2, -0.15) is 0 Å². The van der Waals surface area contributed by atoms with Crippen LogP contribution >= 0.6 is 0 Å². The molecule has 0 spiro atoms. The second kappa shape index (κ2) is 9.01. The molecule has 3 rings (SSSR count). The highest BCUT2D eigenvalue weighted by atomic mass is 16.5. The van der Waals surface area contributed by atoms with Gasteiger partial charge in [0.25, 0.3) is 0 Å². The van der Waals surface area contributed by atoms with E-state index in [1.807, 2.05) is 25.2 Å². The van der Waals surface area contributed by atoms with Gasteiger partial charge < -0.3 is 24.6 Å². The van der Waals surface area contributed by atoms with Crippen LogP contribution in [-0.2, 0) is 4.79 Å². The van der Waals surface area contributed by atoms with Crippen molar-refractivity contribution >= 4 is 23.6 Å². The summed E-state index contributed by atoms with van der Waals surface area (Å²) >= 11 is 0. The zero-order valence-corrected chi connectivity index (χ0v) is 16.3. The molecule has 1 heterocycles. The molecule has 0 saturated heterocycles. The van der Waals surface area contributed by atoms with E-state index >= 15 is 0 Å². The molecular weight excluding hydrogens is 370 g/mol.